The number of nitrogens with zero attached hydrogens (tertiary/aromatic N) is 3. The number of hydrogen-bond acceptors (Lipinski definition) is 8. The minimum absolute atomic E-state index is 0.0719. The highest BCUT2D eigenvalue weighted by Gasteiger charge is 2.21. The average molecular weight is 417 g/mol. The summed E-state index contributed by atoms with van der Waals surface area (Å²) in [6.45, 7) is 4.29. The number of esters is 1. The molecule has 9 nitrogen and oxygen atoms in total. The van der Waals surface area contributed by atoms with Gasteiger partial charge in [0.05, 0.1) is 23.2 Å². The van der Waals surface area contributed by atoms with E-state index < -0.39 is 22.5 Å². The number of carbonyl (C=O) groups is 1. The molecule has 0 unspecified atom stereocenters. The van der Waals surface area contributed by atoms with Gasteiger partial charge in [-0.2, -0.15) is 0 Å². The summed E-state index contributed by atoms with van der Waals surface area (Å²) in [7, 11) is 0. The second kappa shape index (κ2) is 8.93. The van der Waals surface area contributed by atoms with Crippen molar-refractivity contribution in [3.63, 3.8) is 0 Å². The van der Waals surface area contributed by atoms with E-state index in [1.165, 1.54) is 34.4 Å². The molecule has 0 saturated heterocycles. The van der Waals surface area contributed by atoms with E-state index in [0.29, 0.717) is 28.0 Å². The minimum Gasteiger partial charge on any atom is -0.462 e. The summed E-state index contributed by atoms with van der Waals surface area (Å²) in [5, 5.41) is 13.1. The standard InChI is InChI=1S/C19H19N3O6S/c1-3-27-7-8-28-19(24)12(2)21-11-20-17-16(18(21)23)15(10-29-17)13-5-4-6-14(9-13)22(25)26/h4-6,9-12H,3,7-8H2,1-2H3/t12-/m1/s1. The number of nitro benzene ring substituents is 1. The topological polar surface area (TPSA) is 114 Å². The molecule has 2 aromatic heterocycles. The molecular formula is C19H19N3O6S. The first-order chi connectivity index (χ1) is 13.9. The lowest BCUT2D eigenvalue weighted by Crippen LogP contribution is -2.30. The summed E-state index contributed by atoms with van der Waals surface area (Å²) in [5.41, 5.74) is 0.593. The molecule has 0 N–H and O–H groups in total. The van der Waals surface area contributed by atoms with Gasteiger partial charge in [0, 0.05) is 29.7 Å². The summed E-state index contributed by atoms with van der Waals surface area (Å²) in [6.07, 6.45) is 1.31. The third-order valence-electron chi connectivity index (χ3n) is 4.32. The van der Waals surface area contributed by atoms with Gasteiger partial charge in [0.2, 0.25) is 0 Å². The van der Waals surface area contributed by atoms with Crippen LogP contribution in [0.3, 0.4) is 0 Å². The SMILES string of the molecule is CCOCCOC(=O)[C@@H](C)n1cnc2scc(-c3cccc([N+](=O)[O-])c3)c2c1=O. The lowest BCUT2D eigenvalue weighted by molar-refractivity contribution is -0.384. The highest BCUT2D eigenvalue weighted by molar-refractivity contribution is 7.17. The molecule has 1 atom stereocenters. The third kappa shape index (κ3) is 4.33. The quantitative estimate of drug-likeness (QED) is 0.239. The molecule has 0 aliphatic carbocycles. The van der Waals surface area contributed by atoms with Crippen molar-refractivity contribution in [2.45, 2.75) is 19.9 Å². The second-order valence-electron chi connectivity index (χ2n) is 6.13. The maximum Gasteiger partial charge on any atom is 0.329 e. The van der Waals surface area contributed by atoms with Crippen molar-refractivity contribution >= 4 is 33.2 Å². The number of ether oxygens (including phenoxy) is 2. The minimum atomic E-state index is -0.876. The normalized spacial score (nSPS) is 12.1. The number of nitro groups is 1. The van der Waals surface area contributed by atoms with Gasteiger partial charge in [0.15, 0.2) is 0 Å². The van der Waals surface area contributed by atoms with Crippen LogP contribution >= 0.6 is 11.3 Å². The lowest BCUT2D eigenvalue weighted by atomic mass is 10.1. The van der Waals surface area contributed by atoms with Crippen LogP contribution < -0.4 is 5.56 Å². The Balaban J connectivity index is 1.96. The van der Waals surface area contributed by atoms with E-state index in [2.05, 4.69) is 4.98 Å². The molecule has 29 heavy (non-hydrogen) atoms. The monoisotopic (exact) mass is 417 g/mol. The van der Waals surface area contributed by atoms with Gasteiger partial charge < -0.3 is 9.47 Å². The van der Waals surface area contributed by atoms with Crippen LogP contribution in [0.1, 0.15) is 19.9 Å². The molecule has 0 saturated carbocycles. The highest BCUT2D eigenvalue weighted by atomic mass is 32.1. The van der Waals surface area contributed by atoms with Crippen molar-refractivity contribution in [2.75, 3.05) is 19.8 Å². The Morgan fingerprint density at radius 1 is 1.38 bits per heavy atom. The molecule has 10 heteroatoms. The van der Waals surface area contributed by atoms with Gasteiger partial charge in [0.1, 0.15) is 17.5 Å². The Morgan fingerprint density at radius 3 is 2.90 bits per heavy atom. The fourth-order valence-corrected chi connectivity index (χ4v) is 3.71. The first-order valence-corrected chi connectivity index (χ1v) is 9.79. The Bertz CT molecular complexity index is 1110. The number of benzene rings is 1. The zero-order chi connectivity index (χ0) is 21.0. The predicted molar refractivity (Wildman–Crippen MR) is 108 cm³/mol. The maximum absolute atomic E-state index is 13.1. The van der Waals surface area contributed by atoms with Crippen molar-refractivity contribution in [3.8, 4) is 11.1 Å². The van der Waals surface area contributed by atoms with Crippen molar-refractivity contribution in [2.24, 2.45) is 0 Å². The molecule has 0 amide bonds. The fraction of sp³-hybridized carbons (Fsp3) is 0.316. The van der Waals surface area contributed by atoms with Crippen LogP contribution in [-0.2, 0) is 14.3 Å². The molecule has 0 spiro atoms. The van der Waals surface area contributed by atoms with Crippen LogP contribution in [0.5, 0.6) is 0 Å². The van der Waals surface area contributed by atoms with E-state index in [1.807, 2.05) is 6.92 Å². The number of fused-ring (bicyclic) bond motifs is 1. The second-order valence-corrected chi connectivity index (χ2v) is 6.99. The van der Waals surface area contributed by atoms with Gasteiger partial charge in [0.25, 0.3) is 11.2 Å². The van der Waals surface area contributed by atoms with E-state index >= 15 is 0 Å². The third-order valence-corrected chi connectivity index (χ3v) is 5.21. The zero-order valence-electron chi connectivity index (χ0n) is 15.9. The molecule has 0 bridgehead atoms. The predicted octanol–water partition coefficient (Wildman–Crippen LogP) is 3.17. The number of non-ortho nitro benzene ring substituents is 1. The summed E-state index contributed by atoms with van der Waals surface area (Å²) in [5.74, 6) is -0.569. The van der Waals surface area contributed by atoms with Gasteiger partial charge in [-0.15, -0.1) is 11.3 Å². The van der Waals surface area contributed by atoms with E-state index in [0.717, 1.165) is 0 Å². The number of hydrogen-bond donors (Lipinski definition) is 0. The van der Waals surface area contributed by atoms with Crippen LogP contribution in [-0.4, -0.2) is 40.3 Å². The van der Waals surface area contributed by atoms with Gasteiger partial charge in [-0.3, -0.25) is 19.5 Å². The number of carbonyl (C=O) groups excluding carboxylic acids is 1. The maximum atomic E-state index is 13.1. The van der Waals surface area contributed by atoms with Gasteiger partial charge in [-0.05, 0) is 19.4 Å². The van der Waals surface area contributed by atoms with Crippen molar-refractivity contribution in [1.82, 2.24) is 9.55 Å². The van der Waals surface area contributed by atoms with E-state index in [-0.39, 0.29) is 18.9 Å². The molecule has 3 rings (SSSR count). The van der Waals surface area contributed by atoms with Crippen LogP contribution in [0, 0.1) is 10.1 Å². The molecule has 0 aliphatic heterocycles. The number of thiophene rings is 1. The molecule has 0 radical (unpaired) electrons. The van der Waals surface area contributed by atoms with Crippen LogP contribution in [0.4, 0.5) is 5.69 Å². The smallest absolute Gasteiger partial charge is 0.329 e. The van der Waals surface area contributed by atoms with Crippen LogP contribution in [0.2, 0.25) is 0 Å². The first kappa shape index (κ1) is 20.6. The van der Waals surface area contributed by atoms with Crippen molar-refractivity contribution < 1.29 is 19.2 Å². The van der Waals surface area contributed by atoms with E-state index in [1.54, 1.807) is 24.4 Å². The molecule has 0 aliphatic rings. The van der Waals surface area contributed by atoms with Gasteiger partial charge in [-0.1, -0.05) is 12.1 Å². The molecular weight excluding hydrogens is 398 g/mol. The Morgan fingerprint density at radius 2 is 2.17 bits per heavy atom. The van der Waals surface area contributed by atoms with Crippen LogP contribution in [0.15, 0.2) is 40.8 Å². The Labute approximate surface area is 169 Å². The van der Waals surface area contributed by atoms with Crippen molar-refractivity contribution in [3.05, 3.63) is 56.4 Å². The Hall–Kier alpha value is -3.11. The molecule has 3 aromatic rings. The number of rotatable bonds is 8. The summed E-state index contributed by atoms with van der Waals surface area (Å²) < 4.78 is 11.5. The molecule has 0 fully saturated rings. The Kier molecular flexibility index (Phi) is 6.35. The lowest BCUT2D eigenvalue weighted by Gasteiger charge is -2.14. The molecule has 152 valence electrons. The molecule has 1 aromatic carbocycles. The van der Waals surface area contributed by atoms with Gasteiger partial charge >= 0.3 is 5.97 Å². The summed E-state index contributed by atoms with van der Waals surface area (Å²) in [4.78, 5) is 40.7. The largest absolute Gasteiger partial charge is 0.462 e. The van der Waals surface area contributed by atoms with Gasteiger partial charge in [-0.25, -0.2) is 9.78 Å². The summed E-state index contributed by atoms with van der Waals surface area (Å²) >= 11 is 1.26. The van der Waals surface area contributed by atoms with E-state index in [4.69, 9.17) is 9.47 Å². The zero-order valence-corrected chi connectivity index (χ0v) is 16.7. The first-order valence-electron chi connectivity index (χ1n) is 8.91. The average Bonchev–Trinajstić information content (AvgIpc) is 3.16. The molecule has 2 heterocycles. The van der Waals surface area contributed by atoms with Crippen molar-refractivity contribution in [1.29, 1.82) is 0 Å². The fourth-order valence-electron chi connectivity index (χ4n) is 2.80. The summed E-state index contributed by atoms with van der Waals surface area (Å²) in [6, 6.07) is 5.17. The highest BCUT2D eigenvalue weighted by Crippen LogP contribution is 2.32. The number of aromatic nitrogens is 2. The van der Waals surface area contributed by atoms with Crippen LogP contribution in [0.25, 0.3) is 21.3 Å². The van der Waals surface area contributed by atoms with E-state index in [9.17, 15) is 19.7 Å².